The van der Waals surface area contributed by atoms with Crippen LogP contribution in [0.3, 0.4) is 0 Å². The third kappa shape index (κ3) is 5.94. The fraction of sp³-hybridized carbons (Fsp3) is 0.500. The van der Waals surface area contributed by atoms with Gasteiger partial charge in [-0.2, -0.15) is 0 Å². The highest BCUT2D eigenvalue weighted by Gasteiger charge is 2.35. The van der Waals surface area contributed by atoms with Gasteiger partial charge in [0.2, 0.25) is 0 Å². The number of rotatable bonds is 6. The number of nitrogens with zero attached hydrogens (tertiary/aromatic N) is 3. The number of hydrogen-bond donors (Lipinski definition) is 0. The van der Waals surface area contributed by atoms with Crippen LogP contribution in [0.25, 0.3) is 0 Å². The Morgan fingerprint density at radius 1 is 1.21 bits per heavy atom. The molecule has 0 saturated carbocycles. The molecule has 0 aliphatic carbocycles. The second kappa shape index (κ2) is 8.94. The molecule has 0 N–H and O–H groups in total. The SMILES string of the molecule is CCOC(=O)c1cc(OC(F)(F)F)c(CN2CCN(C(=O)[O-])CC2)cc1[N+](=O)[O-]. The number of esters is 1. The molecule has 1 aliphatic rings. The van der Waals surface area contributed by atoms with Crippen LogP contribution in [0.15, 0.2) is 12.1 Å². The largest absolute Gasteiger partial charge is 0.573 e. The first-order valence-corrected chi connectivity index (χ1v) is 8.44. The smallest absolute Gasteiger partial charge is 0.530 e. The normalized spacial score (nSPS) is 15.1. The van der Waals surface area contributed by atoms with Crippen molar-refractivity contribution >= 4 is 17.7 Å². The van der Waals surface area contributed by atoms with E-state index in [2.05, 4.69) is 9.47 Å². The van der Waals surface area contributed by atoms with Crippen molar-refractivity contribution in [3.63, 3.8) is 0 Å². The van der Waals surface area contributed by atoms with Gasteiger partial charge in [0.15, 0.2) is 0 Å². The molecular weight excluding hydrogens is 403 g/mol. The van der Waals surface area contributed by atoms with E-state index in [9.17, 15) is 38.0 Å². The summed E-state index contributed by atoms with van der Waals surface area (Å²) in [7, 11) is 0. The molecule has 0 aromatic heterocycles. The van der Waals surface area contributed by atoms with Crippen molar-refractivity contribution in [3.05, 3.63) is 33.4 Å². The first-order valence-electron chi connectivity index (χ1n) is 8.44. The Morgan fingerprint density at radius 3 is 2.31 bits per heavy atom. The Kier molecular flexibility index (Phi) is 6.84. The van der Waals surface area contributed by atoms with Gasteiger partial charge in [-0.15, -0.1) is 13.2 Å². The molecule has 1 aromatic carbocycles. The van der Waals surface area contributed by atoms with Gasteiger partial charge in [-0.05, 0) is 6.92 Å². The second-order valence-electron chi connectivity index (χ2n) is 6.03. The topological polar surface area (TPSA) is 125 Å². The number of carbonyl (C=O) groups excluding carboxylic acids is 2. The van der Waals surface area contributed by atoms with Crippen molar-refractivity contribution in [2.75, 3.05) is 32.8 Å². The van der Waals surface area contributed by atoms with Crippen molar-refractivity contribution in [2.45, 2.75) is 19.8 Å². The summed E-state index contributed by atoms with van der Waals surface area (Å²) in [5.41, 5.74) is -1.56. The van der Waals surface area contributed by atoms with Gasteiger partial charge in [0.25, 0.3) is 5.69 Å². The molecule has 13 heteroatoms. The molecule has 2 rings (SSSR count). The lowest BCUT2D eigenvalue weighted by molar-refractivity contribution is -0.385. The first-order chi connectivity index (χ1) is 13.5. The molecule has 1 aliphatic heterocycles. The summed E-state index contributed by atoms with van der Waals surface area (Å²) < 4.78 is 47.1. The minimum Gasteiger partial charge on any atom is -0.530 e. The van der Waals surface area contributed by atoms with Gasteiger partial charge in [-0.3, -0.25) is 15.0 Å². The summed E-state index contributed by atoms with van der Waals surface area (Å²) in [6.45, 7) is 1.62. The number of benzene rings is 1. The standard InChI is InChI=1S/C16H18F3N3O7/c1-2-28-14(23)11-8-13(29-16(17,18)19)10(7-12(11)22(26)27)9-20-3-5-21(6-4-20)15(24)25/h7-8H,2-6,9H2,1H3,(H,24,25)/p-1. The summed E-state index contributed by atoms with van der Waals surface area (Å²) in [6.07, 6.45) is -6.45. The zero-order valence-electron chi connectivity index (χ0n) is 15.2. The van der Waals surface area contributed by atoms with Crippen LogP contribution in [0.2, 0.25) is 0 Å². The van der Waals surface area contributed by atoms with E-state index < -0.39 is 40.3 Å². The molecule has 29 heavy (non-hydrogen) atoms. The summed E-state index contributed by atoms with van der Waals surface area (Å²) >= 11 is 0. The minimum atomic E-state index is -5.09. The summed E-state index contributed by atoms with van der Waals surface area (Å²) in [6, 6.07) is 1.47. The molecule has 1 amide bonds. The van der Waals surface area contributed by atoms with Crippen molar-refractivity contribution in [2.24, 2.45) is 0 Å². The van der Waals surface area contributed by atoms with E-state index in [4.69, 9.17) is 0 Å². The maximum Gasteiger partial charge on any atom is 0.573 e. The third-order valence-corrected chi connectivity index (χ3v) is 4.12. The number of nitro benzene ring substituents is 1. The molecule has 1 fully saturated rings. The Hall–Kier alpha value is -3.09. The van der Waals surface area contributed by atoms with Crippen LogP contribution in [-0.4, -0.2) is 65.9 Å². The van der Waals surface area contributed by atoms with Gasteiger partial charge in [0.05, 0.1) is 11.5 Å². The predicted octanol–water partition coefficient (Wildman–Crippen LogP) is 1.13. The molecule has 160 valence electrons. The maximum atomic E-state index is 12.8. The zero-order chi connectivity index (χ0) is 21.8. The Morgan fingerprint density at radius 2 is 1.83 bits per heavy atom. The third-order valence-electron chi connectivity index (χ3n) is 4.12. The number of piperazine rings is 1. The van der Waals surface area contributed by atoms with Crippen LogP contribution in [0.1, 0.15) is 22.8 Å². The van der Waals surface area contributed by atoms with Crippen LogP contribution < -0.4 is 9.84 Å². The van der Waals surface area contributed by atoms with Crippen LogP contribution in [-0.2, 0) is 11.3 Å². The number of ether oxygens (including phenoxy) is 2. The van der Waals surface area contributed by atoms with Crippen molar-refractivity contribution in [3.8, 4) is 5.75 Å². The van der Waals surface area contributed by atoms with E-state index in [1.807, 2.05) is 0 Å². The molecule has 0 radical (unpaired) electrons. The Balaban J connectivity index is 2.38. The monoisotopic (exact) mass is 420 g/mol. The number of hydrogen-bond acceptors (Lipinski definition) is 8. The Labute approximate surface area is 162 Å². The van der Waals surface area contributed by atoms with E-state index in [0.29, 0.717) is 6.07 Å². The molecule has 10 nitrogen and oxygen atoms in total. The Bertz CT molecular complexity index is 793. The van der Waals surface area contributed by atoms with Crippen molar-refractivity contribution < 1.29 is 42.3 Å². The summed E-state index contributed by atoms with van der Waals surface area (Å²) in [5, 5.41) is 22.2. The first kappa shape index (κ1) is 22.2. The van der Waals surface area contributed by atoms with Crippen LogP contribution in [0.4, 0.5) is 23.7 Å². The lowest BCUT2D eigenvalue weighted by Gasteiger charge is -2.36. The van der Waals surface area contributed by atoms with Crippen LogP contribution in [0, 0.1) is 10.1 Å². The van der Waals surface area contributed by atoms with Gasteiger partial charge in [-0.25, -0.2) is 4.79 Å². The number of halogens is 3. The quantitative estimate of drug-likeness (QED) is 0.381. The summed E-state index contributed by atoms with van der Waals surface area (Å²) in [4.78, 5) is 35.9. The zero-order valence-corrected chi connectivity index (χ0v) is 15.2. The van der Waals surface area contributed by atoms with Gasteiger partial charge >= 0.3 is 12.3 Å². The average molecular weight is 420 g/mol. The van der Waals surface area contributed by atoms with E-state index in [0.717, 1.165) is 11.0 Å². The maximum absolute atomic E-state index is 12.8. The number of carboxylic acid groups (broad SMARTS) is 1. The number of alkyl halides is 3. The van der Waals surface area contributed by atoms with E-state index >= 15 is 0 Å². The van der Waals surface area contributed by atoms with Gasteiger partial charge in [0.1, 0.15) is 17.4 Å². The van der Waals surface area contributed by atoms with E-state index in [1.54, 1.807) is 4.90 Å². The predicted molar refractivity (Wildman–Crippen MR) is 88.0 cm³/mol. The molecule has 0 spiro atoms. The lowest BCUT2D eigenvalue weighted by atomic mass is 10.1. The molecule has 1 aromatic rings. The average Bonchev–Trinajstić information content (AvgIpc) is 2.62. The molecule has 0 unspecified atom stereocenters. The highest BCUT2D eigenvalue weighted by molar-refractivity contribution is 5.94. The van der Waals surface area contributed by atoms with E-state index in [-0.39, 0.29) is 44.9 Å². The number of amides is 1. The van der Waals surface area contributed by atoms with Gasteiger partial charge < -0.3 is 24.3 Å². The second-order valence-corrected chi connectivity index (χ2v) is 6.03. The highest BCUT2D eigenvalue weighted by Crippen LogP contribution is 2.34. The fourth-order valence-electron chi connectivity index (χ4n) is 2.81. The van der Waals surface area contributed by atoms with Crippen LogP contribution in [0.5, 0.6) is 5.75 Å². The lowest BCUT2D eigenvalue weighted by Crippen LogP contribution is -2.52. The molecule has 0 bridgehead atoms. The highest BCUT2D eigenvalue weighted by atomic mass is 19.4. The minimum absolute atomic E-state index is 0.0702. The molecular formula is C16H17F3N3O7-. The molecule has 1 heterocycles. The van der Waals surface area contributed by atoms with Gasteiger partial charge in [-0.1, -0.05) is 0 Å². The summed E-state index contributed by atoms with van der Waals surface area (Å²) in [5.74, 6) is -1.92. The number of nitro groups is 1. The van der Waals surface area contributed by atoms with Gasteiger partial charge in [0, 0.05) is 50.4 Å². The molecule has 0 atom stereocenters. The molecule has 1 saturated heterocycles. The van der Waals surface area contributed by atoms with Crippen molar-refractivity contribution in [1.82, 2.24) is 9.80 Å². The van der Waals surface area contributed by atoms with Crippen molar-refractivity contribution in [1.29, 1.82) is 0 Å². The van der Waals surface area contributed by atoms with E-state index in [1.165, 1.54) is 6.92 Å². The fourth-order valence-corrected chi connectivity index (χ4v) is 2.81. The van der Waals surface area contributed by atoms with Crippen LogP contribution >= 0.6 is 0 Å². The number of carbonyl (C=O) groups is 2.